The van der Waals surface area contributed by atoms with E-state index < -0.39 is 0 Å². The summed E-state index contributed by atoms with van der Waals surface area (Å²) < 4.78 is 11.5. The molecule has 0 N–H and O–H groups in total. The van der Waals surface area contributed by atoms with E-state index in [-0.39, 0.29) is 0 Å². The first-order chi connectivity index (χ1) is 23.6. The highest BCUT2D eigenvalue weighted by atomic mass is 16.5. The molecule has 0 aliphatic carbocycles. The molecule has 4 rings (SSSR count). The molecule has 5 nitrogen and oxygen atoms in total. The lowest BCUT2D eigenvalue weighted by molar-refractivity contribution is 0.304. The van der Waals surface area contributed by atoms with Crippen LogP contribution < -0.4 is 9.47 Å². The van der Waals surface area contributed by atoms with Crippen LogP contribution in [0.2, 0.25) is 0 Å². The van der Waals surface area contributed by atoms with Gasteiger partial charge in [0, 0.05) is 12.4 Å². The lowest BCUT2D eigenvalue weighted by Gasteiger charge is -2.06. The SMILES string of the molecule is CCCCCCCCCOc1ccc(N=Cc2ccc(C#N)cc2)cc1.CCCCCCOc1ccc(C=Nc2ccc(C)cc2)cc1. The number of hydrogen-bond acceptors (Lipinski definition) is 5. The lowest BCUT2D eigenvalue weighted by atomic mass is 10.1. The first kappa shape index (κ1) is 37.8. The molecule has 4 aromatic carbocycles. The Kier molecular flexibility index (Phi) is 18.6. The maximum absolute atomic E-state index is 8.80. The van der Waals surface area contributed by atoms with E-state index in [0.717, 1.165) is 60.1 Å². The molecule has 5 heteroatoms. The van der Waals surface area contributed by atoms with Crippen LogP contribution >= 0.6 is 0 Å². The van der Waals surface area contributed by atoms with Crippen LogP contribution in [0, 0.1) is 18.3 Å². The summed E-state index contributed by atoms with van der Waals surface area (Å²) in [5.41, 5.74) is 5.82. The van der Waals surface area contributed by atoms with E-state index in [2.05, 4.69) is 49.0 Å². The van der Waals surface area contributed by atoms with Crippen molar-refractivity contribution in [2.45, 2.75) is 91.4 Å². The number of aryl methyl sites for hydroxylation is 1. The summed E-state index contributed by atoms with van der Waals surface area (Å²) in [6.45, 7) is 8.13. The maximum Gasteiger partial charge on any atom is 0.119 e. The van der Waals surface area contributed by atoms with Gasteiger partial charge in [0.25, 0.3) is 0 Å². The Morgan fingerprint density at radius 1 is 0.521 bits per heavy atom. The van der Waals surface area contributed by atoms with Gasteiger partial charge in [-0.2, -0.15) is 5.26 Å². The van der Waals surface area contributed by atoms with E-state index in [9.17, 15) is 0 Å². The third kappa shape index (κ3) is 16.2. The number of aliphatic imine (C=N–C) groups is 2. The van der Waals surface area contributed by atoms with Gasteiger partial charge in [0.15, 0.2) is 0 Å². The van der Waals surface area contributed by atoms with Gasteiger partial charge in [-0.3, -0.25) is 9.98 Å². The Bertz CT molecular complexity index is 1500. The molecule has 0 aromatic heterocycles. The topological polar surface area (TPSA) is 67.0 Å². The van der Waals surface area contributed by atoms with Gasteiger partial charge in [0.05, 0.1) is 36.2 Å². The highest BCUT2D eigenvalue weighted by Crippen LogP contribution is 2.19. The molecule has 0 atom stereocenters. The Morgan fingerprint density at radius 3 is 1.40 bits per heavy atom. The zero-order valence-electron chi connectivity index (χ0n) is 29.2. The number of hydrogen-bond donors (Lipinski definition) is 0. The molecule has 0 unspecified atom stereocenters. The van der Waals surface area contributed by atoms with E-state index >= 15 is 0 Å². The number of rotatable bonds is 19. The molecule has 0 fully saturated rings. The van der Waals surface area contributed by atoms with Crippen LogP contribution in [0.1, 0.15) is 107 Å². The van der Waals surface area contributed by atoms with Gasteiger partial charge in [-0.25, -0.2) is 0 Å². The van der Waals surface area contributed by atoms with Crippen LogP contribution in [0.3, 0.4) is 0 Å². The Hall–Kier alpha value is -4.69. The molecule has 0 saturated carbocycles. The predicted octanol–water partition coefficient (Wildman–Crippen LogP) is 12.1. The molecule has 0 aliphatic heterocycles. The average Bonchev–Trinajstić information content (AvgIpc) is 3.13. The van der Waals surface area contributed by atoms with Crippen molar-refractivity contribution in [1.82, 2.24) is 0 Å². The molecule has 4 aromatic rings. The molecule has 252 valence electrons. The molecule has 0 heterocycles. The third-order valence-corrected chi connectivity index (χ3v) is 7.80. The van der Waals surface area contributed by atoms with Crippen molar-refractivity contribution in [2.24, 2.45) is 9.98 Å². The standard InChI is InChI=1S/C23H28N2O.C20H25NO/c1-2-3-4-5-6-7-8-17-26-23-15-13-22(14-16-23)25-19-21-11-9-20(18-24)10-12-21;1-3-4-5-6-15-22-20-13-9-18(10-14-20)16-21-19-11-7-17(2)8-12-19/h9-16,19H,2-8,17H2,1H3;7-14,16H,3-6,15H2,1-2H3. The summed E-state index contributed by atoms with van der Waals surface area (Å²) in [4.78, 5) is 8.93. The van der Waals surface area contributed by atoms with E-state index in [4.69, 9.17) is 14.7 Å². The molecule has 0 radical (unpaired) electrons. The molecular weight excluding hydrogens is 590 g/mol. The number of nitrogens with zero attached hydrogens (tertiary/aromatic N) is 3. The summed E-state index contributed by atoms with van der Waals surface area (Å²) >= 11 is 0. The Morgan fingerprint density at radius 2 is 0.917 bits per heavy atom. The van der Waals surface area contributed by atoms with Crippen LogP contribution in [0.4, 0.5) is 11.4 Å². The first-order valence-electron chi connectivity index (χ1n) is 17.7. The summed E-state index contributed by atoms with van der Waals surface area (Å²) in [5.74, 6) is 1.83. The van der Waals surface area contributed by atoms with Gasteiger partial charge in [-0.05, 0) is 104 Å². The van der Waals surface area contributed by atoms with Crippen LogP contribution in [-0.4, -0.2) is 25.6 Å². The maximum atomic E-state index is 8.80. The van der Waals surface area contributed by atoms with Gasteiger partial charge in [0.2, 0.25) is 0 Å². The quantitative estimate of drug-likeness (QED) is 0.0754. The van der Waals surface area contributed by atoms with E-state index in [0.29, 0.717) is 5.56 Å². The minimum Gasteiger partial charge on any atom is -0.494 e. The number of ether oxygens (including phenoxy) is 2. The third-order valence-electron chi connectivity index (χ3n) is 7.80. The monoisotopic (exact) mass is 643 g/mol. The first-order valence-corrected chi connectivity index (χ1v) is 17.7. The fraction of sp³-hybridized carbons (Fsp3) is 0.372. The van der Waals surface area contributed by atoms with E-state index in [1.54, 1.807) is 18.3 Å². The Labute approximate surface area is 289 Å². The van der Waals surface area contributed by atoms with Crippen molar-refractivity contribution >= 4 is 23.8 Å². The highest BCUT2D eigenvalue weighted by molar-refractivity contribution is 5.82. The second kappa shape index (κ2) is 23.6. The summed E-state index contributed by atoms with van der Waals surface area (Å²) in [6.07, 6.45) is 17.7. The Balaban J connectivity index is 0.000000264. The molecule has 0 saturated heterocycles. The number of unbranched alkanes of at least 4 members (excludes halogenated alkanes) is 9. The van der Waals surface area contributed by atoms with Crippen molar-refractivity contribution in [2.75, 3.05) is 13.2 Å². The minimum atomic E-state index is 0.657. The van der Waals surface area contributed by atoms with Crippen molar-refractivity contribution in [1.29, 1.82) is 5.26 Å². The highest BCUT2D eigenvalue weighted by Gasteiger charge is 1.98. The summed E-state index contributed by atoms with van der Waals surface area (Å²) in [7, 11) is 0. The van der Waals surface area contributed by atoms with Gasteiger partial charge in [-0.15, -0.1) is 0 Å². The van der Waals surface area contributed by atoms with E-state index in [1.807, 2.05) is 79.0 Å². The van der Waals surface area contributed by atoms with Crippen LogP contribution in [-0.2, 0) is 0 Å². The van der Waals surface area contributed by atoms with Gasteiger partial charge < -0.3 is 9.47 Å². The fourth-order valence-corrected chi connectivity index (χ4v) is 4.82. The summed E-state index contributed by atoms with van der Waals surface area (Å²) in [5, 5.41) is 8.80. The molecule has 0 spiro atoms. The molecule has 0 aliphatic rings. The van der Waals surface area contributed by atoms with Crippen molar-refractivity contribution < 1.29 is 9.47 Å². The average molecular weight is 644 g/mol. The van der Waals surface area contributed by atoms with Crippen molar-refractivity contribution in [3.8, 4) is 17.6 Å². The molecule has 0 bridgehead atoms. The lowest BCUT2D eigenvalue weighted by Crippen LogP contribution is -1.97. The molecular formula is C43H53N3O2. The number of nitriles is 1. The smallest absolute Gasteiger partial charge is 0.119 e. The van der Waals surface area contributed by atoms with E-state index in [1.165, 1.54) is 63.4 Å². The molecule has 0 amide bonds. The van der Waals surface area contributed by atoms with Gasteiger partial charge >= 0.3 is 0 Å². The predicted molar refractivity (Wildman–Crippen MR) is 203 cm³/mol. The zero-order chi connectivity index (χ0) is 34.1. The number of benzene rings is 4. The second-order valence-corrected chi connectivity index (χ2v) is 12.0. The van der Waals surface area contributed by atoms with Gasteiger partial charge in [-0.1, -0.05) is 101 Å². The normalized spacial score (nSPS) is 10.9. The largest absolute Gasteiger partial charge is 0.494 e. The van der Waals surface area contributed by atoms with Crippen LogP contribution in [0.15, 0.2) is 107 Å². The second-order valence-electron chi connectivity index (χ2n) is 12.0. The van der Waals surface area contributed by atoms with Crippen molar-refractivity contribution in [3.05, 3.63) is 119 Å². The zero-order valence-corrected chi connectivity index (χ0v) is 29.2. The minimum absolute atomic E-state index is 0.657. The van der Waals surface area contributed by atoms with Crippen molar-refractivity contribution in [3.63, 3.8) is 0 Å². The fourth-order valence-electron chi connectivity index (χ4n) is 4.82. The van der Waals surface area contributed by atoms with Crippen LogP contribution in [0.25, 0.3) is 0 Å². The van der Waals surface area contributed by atoms with Crippen LogP contribution in [0.5, 0.6) is 11.5 Å². The molecule has 48 heavy (non-hydrogen) atoms. The van der Waals surface area contributed by atoms with Gasteiger partial charge in [0.1, 0.15) is 11.5 Å². The summed E-state index contributed by atoms with van der Waals surface area (Å²) in [6, 6.07) is 33.6.